The lowest BCUT2D eigenvalue weighted by atomic mass is 10.00. The van der Waals surface area contributed by atoms with E-state index >= 15 is 0 Å². The third kappa shape index (κ3) is 21.7. The van der Waals surface area contributed by atoms with E-state index in [2.05, 4.69) is 34.9 Å². The molecule has 1 atom stereocenters. The molecular weight excluding hydrogens is 462 g/mol. The lowest BCUT2D eigenvalue weighted by Gasteiger charge is -2.29. The van der Waals surface area contributed by atoms with Crippen molar-refractivity contribution in [1.29, 1.82) is 0 Å². The fourth-order valence-corrected chi connectivity index (χ4v) is 4.30. The Morgan fingerprint density at radius 1 is 0.656 bits per heavy atom. The van der Waals surface area contributed by atoms with Crippen LogP contribution in [0.4, 0.5) is 0 Å². The van der Waals surface area contributed by atoms with Gasteiger partial charge in [0.1, 0.15) is 13.2 Å². The molecule has 0 amide bonds. The van der Waals surface area contributed by atoms with Crippen LogP contribution in [0.3, 0.4) is 0 Å². The molecule has 32 heavy (non-hydrogen) atoms. The van der Waals surface area contributed by atoms with Crippen molar-refractivity contribution in [1.82, 2.24) is 0 Å². The summed E-state index contributed by atoms with van der Waals surface area (Å²) in [6, 6.07) is 0. The van der Waals surface area contributed by atoms with Crippen LogP contribution in [0, 0.1) is 5.92 Å². The Kier molecular flexibility index (Phi) is 25.6. The number of halogens is 1. The Morgan fingerprint density at radius 2 is 1.09 bits per heavy atom. The Balaban J connectivity index is 0. The van der Waals surface area contributed by atoms with Gasteiger partial charge in [-0.1, -0.05) is 111 Å². The second-order valence-corrected chi connectivity index (χ2v) is 10.4. The molecule has 1 unspecified atom stereocenters. The standard InChI is InChI=1S/C28H58NO2.BrH/c1-6-9-11-12-13-14-15-16-17-18-19-20-21-22-24-29(4,5)25-26-31-28(30)27(8-3)23-10-7-2;/h27H,6-26H2,1-5H3;1H/q+1;/p-1. The van der Waals surface area contributed by atoms with Crippen molar-refractivity contribution in [3.8, 4) is 0 Å². The first-order valence-corrected chi connectivity index (χ1v) is 14.0. The van der Waals surface area contributed by atoms with Crippen molar-refractivity contribution in [3.63, 3.8) is 0 Å². The molecule has 0 fully saturated rings. The van der Waals surface area contributed by atoms with Gasteiger partial charge in [-0.3, -0.25) is 4.79 Å². The van der Waals surface area contributed by atoms with Gasteiger partial charge in [0, 0.05) is 0 Å². The summed E-state index contributed by atoms with van der Waals surface area (Å²) >= 11 is 0. The monoisotopic (exact) mass is 519 g/mol. The number of carbonyl (C=O) groups excluding carboxylic acids is 1. The van der Waals surface area contributed by atoms with E-state index in [0.29, 0.717) is 6.61 Å². The lowest BCUT2D eigenvalue weighted by Crippen LogP contribution is -3.00. The van der Waals surface area contributed by atoms with E-state index in [-0.39, 0.29) is 28.9 Å². The molecule has 0 aromatic rings. The van der Waals surface area contributed by atoms with Gasteiger partial charge in [-0.05, 0) is 25.7 Å². The average molecular weight is 521 g/mol. The number of esters is 1. The van der Waals surface area contributed by atoms with E-state index in [4.69, 9.17) is 4.74 Å². The van der Waals surface area contributed by atoms with Crippen LogP contribution >= 0.6 is 0 Å². The van der Waals surface area contributed by atoms with Gasteiger partial charge in [-0.25, -0.2) is 0 Å². The first-order valence-electron chi connectivity index (χ1n) is 14.0. The molecule has 0 aliphatic rings. The fourth-order valence-electron chi connectivity index (χ4n) is 4.30. The molecule has 0 aliphatic heterocycles. The van der Waals surface area contributed by atoms with Gasteiger partial charge < -0.3 is 26.2 Å². The van der Waals surface area contributed by atoms with Gasteiger partial charge in [-0.2, -0.15) is 0 Å². The van der Waals surface area contributed by atoms with Crippen LogP contribution in [0.5, 0.6) is 0 Å². The largest absolute Gasteiger partial charge is 1.00 e. The van der Waals surface area contributed by atoms with Gasteiger partial charge in [0.25, 0.3) is 0 Å². The van der Waals surface area contributed by atoms with Crippen LogP contribution < -0.4 is 17.0 Å². The zero-order chi connectivity index (χ0) is 23.2. The molecule has 0 aromatic heterocycles. The number of nitrogens with zero attached hydrogens (tertiary/aromatic N) is 1. The topological polar surface area (TPSA) is 26.3 Å². The number of rotatable bonds is 23. The normalized spacial score (nSPS) is 12.4. The molecule has 3 nitrogen and oxygen atoms in total. The van der Waals surface area contributed by atoms with Crippen molar-refractivity contribution in [2.75, 3.05) is 33.8 Å². The number of quaternary nitrogens is 1. The maximum absolute atomic E-state index is 12.2. The van der Waals surface area contributed by atoms with Gasteiger partial charge >= 0.3 is 5.97 Å². The van der Waals surface area contributed by atoms with Crippen molar-refractivity contribution >= 4 is 5.97 Å². The highest BCUT2D eigenvalue weighted by Crippen LogP contribution is 2.15. The van der Waals surface area contributed by atoms with E-state index < -0.39 is 0 Å². The molecule has 0 bridgehead atoms. The summed E-state index contributed by atoms with van der Waals surface area (Å²) in [4.78, 5) is 12.2. The molecule has 0 rings (SSSR count). The maximum atomic E-state index is 12.2. The second-order valence-electron chi connectivity index (χ2n) is 10.4. The molecule has 0 N–H and O–H groups in total. The van der Waals surface area contributed by atoms with Crippen LogP contribution in [-0.4, -0.2) is 44.2 Å². The first-order chi connectivity index (χ1) is 15.0. The molecule has 0 saturated carbocycles. The van der Waals surface area contributed by atoms with Gasteiger partial charge in [0.15, 0.2) is 0 Å². The Bertz CT molecular complexity index is 401. The van der Waals surface area contributed by atoms with Gasteiger partial charge in [0.05, 0.1) is 26.6 Å². The lowest BCUT2D eigenvalue weighted by molar-refractivity contribution is -0.890. The highest BCUT2D eigenvalue weighted by atomic mass is 79.9. The third-order valence-electron chi connectivity index (χ3n) is 6.79. The predicted molar refractivity (Wildman–Crippen MR) is 136 cm³/mol. The van der Waals surface area contributed by atoms with E-state index in [9.17, 15) is 4.79 Å². The predicted octanol–water partition coefficient (Wildman–Crippen LogP) is 5.31. The quantitative estimate of drug-likeness (QED) is 0.104. The number of ether oxygens (including phenoxy) is 1. The maximum Gasteiger partial charge on any atom is 0.309 e. The second kappa shape index (κ2) is 24.0. The molecule has 0 radical (unpaired) electrons. The molecule has 0 saturated heterocycles. The highest BCUT2D eigenvalue weighted by molar-refractivity contribution is 5.72. The van der Waals surface area contributed by atoms with Crippen LogP contribution in [0.15, 0.2) is 0 Å². The summed E-state index contributed by atoms with van der Waals surface area (Å²) in [7, 11) is 4.54. The Labute approximate surface area is 212 Å². The molecule has 0 heterocycles. The summed E-state index contributed by atoms with van der Waals surface area (Å²) in [6.07, 6.45) is 23.8. The summed E-state index contributed by atoms with van der Waals surface area (Å²) in [5, 5.41) is 0. The number of likely N-dealkylation sites (N-methyl/N-ethyl adjacent to an activating group) is 1. The van der Waals surface area contributed by atoms with Crippen molar-refractivity contribution in [2.45, 2.75) is 136 Å². The summed E-state index contributed by atoms with van der Waals surface area (Å²) in [5.74, 6) is 0.119. The smallest absolute Gasteiger partial charge is 0.309 e. The van der Waals surface area contributed by atoms with Crippen molar-refractivity contribution < 1.29 is 31.0 Å². The van der Waals surface area contributed by atoms with Crippen LogP contribution in [-0.2, 0) is 9.53 Å². The SMILES string of the molecule is CCCCCCCCCCCCCCCC[N+](C)(C)CCOC(=O)C(CC)CCCC.[Br-]. The minimum absolute atomic E-state index is 0. The number of unbranched alkanes of at least 4 members (excludes halogenated alkanes) is 14. The number of carbonyl (C=O) groups is 1. The molecule has 194 valence electrons. The fraction of sp³-hybridized carbons (Fsp3) is 0.964. The molecule has 0 aliphatic carbocycles. The summed E-state index contributed by atoms with van der Waals surface area (Å²) in [5.41, 5.74) is 0. The van der Waals surface area contributed by atoms with Crippen molar-refractivity contribution in [2.24, 2.45) is 5.92 Å². The minimum Gasteiger partial charge on any atom is -1.00 e. The summed E-state index contributed by atoms with van der Waals surface area (Å²) in [6.45, 7) is 9.23. The zero-order valence-corrected chi connectivity index (χ0v) is 24.2. The number of hydrogen-bond acceptors (Lipinski definition) is 2. The highest BCUT2D eigenvalue weighted by Gasteiger charge is 2.20. The van der Waals surface area contributed by atoms with Gasteiger partial charge in [0.2, 0.25) is 0 Å². The van der Waals surface area contributed by atoms with E-state index in [1.807, 2.05) is 0 Å². The Hall–Kier alpha value is -0.0900. The third-order valence-corrected chi connectivity index (χ3v) is 6.79. The summed E-state index contributed by atoms with van der Waals surface area (Å²) < 4.78 is 6.55. The van der Waals surface area contributed by atoms with E-state index in [1.54, 1.807) is 0 Å². The average Bonchev–Trinajstić information content (AvgIpc) is 2.74. The molecule has 0 aromatic carbocycles. The van der Waals surface area contributed by atoms with E-state index in [0.717, 1.165) is 36.7 Å². The van der Waals surface area contributed by atoms with E-state index in [1.165, 1.54) is 96.4 Å². The minimum atomic E-state index is 0. The van der Waals surface area contributed by atoms with Gasteiger partial charge in [-0.15, -0.1) is 0 Å². The van der Waals surface area contributed by atoms with Crippen LogP contribution in [0.1, 0.15) is 136 Å². The molecule has 0 spiro atoms. The zero-order valence-electron chi connectivity index (χ0n) is 22.6. The molecular formula is C28H58BrNO2. The van der Waals surface area contributed by atoms with Crippen LogP contribution in [0.2, 0.25) is 0 Å². The number of hydrogen-bond donors (Lipinski definition) is 0. The molecule has 4 heteroatoms. The van der Waals surface area contributed by atoms with Crippen LogP contribution in [0.25, 0.3) is 0 Å². The first kappa shape index (κ1) is 34.1. The van der Waals surface area contributed by atoms with Crippen molar-refractivity contribution in [3.05, 3.63) is 0 Å². The Morgan fingerprint density at radius 3 is 1.53 bits per heavy atom.